The first-order chi connectivity index (χ1) is 15.3. The highest BCUT2D eigenvalue weighted by Gasteiger charge is 2.43. The number of carbonyl (C=O) groups excluding carboxylic acids is 2. The van der Waals surface area contributed by atoms with Crippen molar-refractivity contribution >= 4 is 23.5 Å². The van der Waals surface area contributed by atoms with Crippen LogP contribution in [0.5, 0.6) is 0 Å². The van der Waals surface area contributed by atoms with Gasteiger partial charge in [0.05, 0.1) is 6.04 Å². The van der Waals surface area contributed by atoms with Crippen molar-refractivity contribution in [3.05, 3.63) is 41.8 Å². The Kier molecular flexibility index (Phi) is 6.05. The fraction of sp³-hybridized carbons (Fsp3) is 0.500. The number of nitrogens with zero attached hydrogens (tertiary/aromatic N) is 3. The molecule has 0 bridgehead atoms. The Hall–Kier alpha value is -3.14. The fourth-order valence-electron chi connectivity index (χ4n) is 4.09. The smallest absolute Gasteiger partial charge is 0.409 e. The minimum atomic E-state index is -0.608. The van der Waals surface area contributed by atoms with E-state index >= 15 is 0 Å². The Labute approximate surface area is 185 Å². The minimum absolute atomic E-state index is 0.0141. The molecule has 10 heteroatoms. The Bertz CT molecular complexity index is 988. The molecule has 0 spiro atoms. The molecule has 1 aliphatic carbocycles. The molecule has 1 aromatic heterocycles. The second-order valence-electron chi connectivity index (χ2n) is 8.91. The summed E-state index contributed by atoms with van der Waals surface area (Å²) in [6, 6.07) is 5.74. The lowest BCUT2D eigenvalue weighted by atomic mass is 9.94. The predicted octanol–water partition coefficient (Wildman–Crippen LogP) is 2.62. The first kappa shape index (κ1) is 22.1. The van der Waals surface area contributed by atoms with Crippen LogP contribution in [-0.4, -0.2) is 52.9 Å². The maximum absolute atomic E-state index is 13.2. The van der Waals surface area contributed by atoms with Crippen LogP contribution in [0.25, 0.3) is 0 Å². The third-order valence-corrected chi connectivity index (χ3v) is 6.45. The molecule has 2 fully saturated rings. The monoisotopic (exact) mass is 444 g/mol. The summed E-state index contributed by atoms with van der Waals surface area (Å²) in [6.45, 7) is 3.98. The van der Waals surface area contributed by atoms with Crippen molar-refractivity contribution < 1.29 is 18.7 Å². The number of hydrogen-bond donors (Lipinski definition) is 3. The first-order valence-corrected chi connectivity index (χ1v) is 10.8. The van der Waals surface area contributed by atoms with Crippen molar-refractivity contribution in [3.8, 4) is 0 Å². The zero-order valence-corrected chi connectivity index (χ0v) is 18.1. The van der Waals surface area contributed by atoms with Gasteiger partial charge < -0.3 is 26.4 Å². The number of nitrogens with two attached hydrogens (primary N) is 2. The maximum Gasteiger partial charge on any atom is 0.409 e. The standard InChI is InChI=1S/C22H29FN6O3/c1-14-10-28(21(31)32-13-22(12-24)7-8-22)9-6-18(14)29-11-17(19(25)30)20(27-29)26-16-4-2-15(23)3-5-16/h2-5,11,14,18H,6-10,12-13,24H2,1H3,(H2,25,30)(H,26,27)/t14-,18-/m1/s1. The highest BCUT2D eigenvalue weighted by atomic mass is 19.1. The van der Waals surface area contributed by atoms with E-state index in [1.807, 2.05) is 6.92 Å². The number of piperidine rings is 1. The number of likely N-dealkylation sites (tertiary alicyclic amines) is 1. The van der Waals surface area contributed by atoms with Gasteiger partial charge in [0.1, 0.15) is 18.0 Å². The number of benzene rings is 1. The molecule has 4 rings (SSSR count). The molecule has 172 valence electrons. The third kappa shape index (κ3) is 4.69. The van der Waals surface area contributed by atoms with Crippen LogP contribution in [0.2, 0.25) is 0 Å². The van der Waals surface area contributed by atoms with Crippen LogP contribution in [0.4, 0.5) is 20.7 Å². The van der Waals surface area contributed by atoms with Gasteiger partial charge in [0, 0.05) is 36.9 Å². The van der Waals surface area contributed by atoms with Gasteiger partial charge >= 0.3 is 6.09 Å². The summed E-state index contributed by atoms with van der Waals surface area (Å²) in [5, 5.41) is 7.57. The number of nitrogens with one attached hydrogen (secondary N) is 1. The van der Waals surface area contributed by atoms with E-state index in [1.165, 1.54) is 12.1 Å². The Morgan fingerprint density at radius 3 is 2.62 bits per heavy atom. The van der Waals surface area contributed by atoms with E-state index < -0.39 is 5.91 Å². The normalized spacial score (nSPS) is 21.8. The number of anilines is 2. The van der Waals surface area contributed by atoms with Crippen LogP contribution in [0, 0.1) is 17.2 Å². The number of carbonyl (C=O) groups is 2. The van der Waals surface area contributed by atoms with Crippen LogP contribution >= 0.6 is 0 Å². The van der Waals surface area contributed by atoms with Gasteiger partial charge in [-0.1, -0.05) is 6.92 Å². The number of halogens is 1. The van der Waals surface area contributed by atoms with Crippen molar-refractivity contribution in [1.82, 2.24) is 14.7 Å². The molecule has 1 aliphatic heterocycles. The Morgan fingerprint density at radius 2 is 2.03 bits per heavy atom. The molecule has 32 heavy (non-hydrogen) atoms. The average molecular weight is 445 g/mol. The van der Waals surface area contributed by atoms with Crippen molar-refractivity contribution in [2.45, 2.75) is 32.2 Å². The molecule has 2 amide bonds. The molecule has 2 atom stereocenters. The molecule has 9 nitrogen and oxygen atoms in total. The van der Waals surface area contributed by atoms with Crippen molar-refractivity contribution in [2.24, 2.45) is 22.8 Å². The summed E-state index contributed by atoms with van der Waals surface area (Å²) in [5.41, 5.74) is 12.1. The van der Waals surface area contributed by atoms with Gasteiger partial charge in [0.2, 0.25) is 0 Å². The van der Waals surface area contributed by atoms with Crippen molar-refractivity contribution in [1.29, 1.82) is 0 Å². The van der Waals surface area contributed by atoms with E-state index in [4.69, 9.17) is 16.2 Å². The quantitative estimate of drug-likeness (QED) is 0.602. The number of primary amides is 1. The van der Waals surface area contributed by atoms with Gasteiger partial charge in [-0.3, -0.25) is 9.48 Å². The zero-order valence-electron chi connectivity index (χ0n) is 18.1. The average Bonchev–Trinajstić information content (AvgIpc) is 3.45. The first-order valence-electron chi connectivity index (χ1n) is 10.8. The summed E-state index contributed by atoms with van der Waals surface area (Å²) in [4.78, 5) is 26.2. The number of hydrogen-bond acceptors (Lipinski definition) is 6. The summed E-state index contributed by atoms with van der Waals surface area (Å²) < 4.78 is 20.4. The summed E-state index contributed by atoms with van der Waals surface area (Å²) in [7, 11) is 0. The van der Waals surface area contributed by atoms with Gasteiger partial charge in [0.25, 0.3) is 5.91 Å². The molecule has 5 N–H and O–H groups in total. The third-order valence-electron chi connectivity index (χ3n) is 6.45. The molecule has 1 saturated carbocycles. The lowest BCUT2D eigenvalue weighted by Gasteiger charge is -2.36. The molecule has 1 aromatic carbocycles. The van der Waals surface area contributed by atoms with E-state index in [2.05, 4.69) is 10.4 Å². The van der Waals surface area contributed by atoms with E-state index in [0.717, 1.165) is 12.8 Å². The number of aromatic nitrogens is 2. The fourth-order valence-corrected chi connectivity index (χ4v) is 4.09. The van der Waals surface area contributed by atoms with Gasteiger partial charge in [-0.15, -0.1) is 0 Å². The molecule has 2 aliphatic rings. The molecular formula is C22H29FN6O3. The Morgan fingerprint density at radius 1 is 1.31 bits per heavy atom. The number of rotatable bonds is 7. The van der Waals surface area contributed by atoms with Gasteiger partial charge in [-0.2, -0.15) is 5.10 Å². The van der Waals surface area contributed by atoms with Crippen LogP contribution < -0.4 is 16.8 Å². The van der Waals surface area contributed by atoms with Crippen LogP contribution in [0.3, 0.4) is 0 Å². The van der Waals surface area contributed by atoms with Crippen LogP contribution in [-0.2, 0) is 4.74 Å². The lowest BCUT2D eigenvalue weighted by Crippen LogP contribution is -2.44. The van der Waals surface area contributed by atoms with Crippen molar-refractivity contribution in [3.63, 3.8) is 0 Å². The molecule has 2 aromatic rings. The number of amides is 2. The predicted molar refractivity (Wildman–Crippen MR) is 117 cm³/mol. The second kappa shape index (κ2) is 8.78. The molecule has 1 saturated heterocycles. The summed E-state index contributed by atoms with van der Waals surface area (Å²) >= 11 is 0. The maximum atomic E-state index is 13.2. The SMILES string of the molecule is C[C@@H]1CN(C(=O)OCC2(CN)CC2)CC[C@H]1n1cc(C(N)=O)c(Nc2ccc(F)cc2)n1. The molecule has 2 heterocycles. The molecule has 0 radical (unpaired) electrons. The lowest BCUT2D eigenvalue weighted by molar-refractivity contribution is 0.0595. The van der Waals surface area contributed by atoms with Gasteiger partial charge in [-0.25, -0.2) is 9.18 Å². The van der Waals surface area contributed by atoms with E-state index in [0.29, 0.717) is 44.2 Å². The van der Waals surface area contributed by atoms with Crippen LogP contribution in [0.15, 0.2) is 30.5 Å². The van der Waals surface area contributed by atoms with E-state index in [-0.39, 0.29) is 34.8 Å². The summed E-state index contributed by atoms with van der Waals surface area (Å²) in [5.74, 6) is -0.566. The second-order valence-corrected chi connectivity index (χ2v) is 8.91. The Balaban J connectivity index is 1.42. The van der Waals surface area contributed by atoms with Gasteiger partial charge in [-0.05, 0) is 49.4 Å². The molecular weight excluding hydrogens is 415 g/mol. The minimum Gasteiger partial charge on any atom is -0.449 e. The topological polar surface area (TPSA) is 128 Å². The highest BCUT2D eigenvalue weighted by Crippen LogP contribution is 2.44. The zero-order chi connectivity index (χ0) is 22.9. The number of ether oxygens (including phenoxy) is 1. The van der Waals surface area contributed by atoms with Gasteiger partial charge in [0.15, 0.2) is 5.82 Å². The van der Waals surface area contributed by atoms with E-state index in [1.54, 1.807) is 27.9 Å². The largest absolute Gasteiger partial charge is 0.449 e. The summed E-state index contributed by atoms with van der Waals surface area (Å²) in [6.07, 6.45) is 3.98. The highest BCUT2D eigenvalue weighted by molar-refractivity contribution is 5.98. The molecule has 0 unspecified atom stereocenters. The van der Waals surface area contributed by atoms with Crippen molar-refractivity contribution in [2.75, 3.05) is 31.6 Å². The van der Waals surface area contributed by atoms with Crippen LogP contribution in [0.1, 0.15) is 42.6 Å². The van der Waals surface area contributed by atoms with E-state index in [9.17, 15) is 14.0 Å².